The smallest absolute Gasteiger partial charge is 0.274 e. The van der Waals surface area contributed by atoms with Crippen LogP contribution < -0.4 is 5.32 Å². The van der Waals surface area contributed by atoms with E-state index < -0.39 is 0 Å². The molecule has 1 atom stereocenters. The first-order valence-electron chi connectivity index (χ1n) is 9.89. The highest BCUT2D eigenvalue weighted by Crippen LogP contribution is 2.41. The van der Waals surface area contributed by atoms with Gasteiger partial charge in [-0.15, -0.1) is 11.3 Å². The van der Waals surface area contributed by atoms with Crippen molar-refractivity contribution in [2.24, 2.45) is 13.0 Å². The normalized spacial score (nSPS) is 19.4. The van der Waals surface area contributed by atoms with Crippen LogP contribution in [-0.2, 0) is 24.6 Å². The fourth-order valence-electron chi connectivity index (χ4n) is 4.01. The number of carbonyl (C=O) groups excluding carboxylic acids is 2. The van der Waals surface area contributed by atoms with Crippen molar-refractivity contribution >= 4 is 28.2 Å². The predicted molar refractivity (Wildman–Crippen MR) is 108 cm³/mol. The second kappa shape index (κ2) is 8.05. The molecular weight excluding hydrogens is 376 g/mol. The van der Waals surface area contributed by atoms with E-state index in [4.69, 9.17) is 4.74 Å². The van der Waals surface area contributed by atoms with Crippen LogP contribution in [0, 0.1) is 5.92 Å². The number of nitrogens with zero attached hydrogens (tertiary/aromatic N) is 3. The van der Waals surface area contributed by atoms with Crippen LogP contribution in [0.3, 0.4) is 0 Å². The Morgan fingerprint density at radius 1 is 1.36 bits per heavy atom. The largest absolute Gasteiger partial charge is 0.378 e. The van der Waals surface area contributed by atoms with Gasteiger partial charge < -0.3 is 15.0 Å². The van der Waals surface area contributed by atoms with E-state index in [0.717, 1.165) is 31.2 Å². The minimum Gasteiger partial charge on any atom is -0.378 e. The van der Waals surface area contributed by atoms with Gasteiger partial charge >= 0.3 is 0 Å². The van der Waals surface area contributed by atoms with Gasteiger partial charge in [-0.2, -0.15) is 5.10 Å². The van der Waals surface area contributed by atoms with Crippen molar-refractivity contribution < 1.29 is 14.3 Å². The quantitative estimate of drug-likeness (QED) is 0.853. The van der Waals surface area contributed by atoms with E-state index >= 15 is 0 Å². The van der Waals surface area contributed by atoms with Gasteiger partial charge in [0.05, 0.1) is 18.8 Å². The van der Waals surface area contributed by atoms with E-state index in [0.29, 0.717) is 48.5 Å². The first-order valence-corrected chi connectivity index (χ1v) is 10.7. The number of fused-ring (bicyclic) bond motifs is 1. The Hall–Kier alpha value is -2.19. The average molecular weight is 403 g/mol. The molecule has 1 fully saturated rings. The van der Waals surface area contributed by atoms with Crippen molar-refractivity contribution in [1.82, 2.24) is 14.7 Å². The SMILES string of the molecule is CCC1CCc2c(sc(NC(=O)c3ccnn3C)c2C(=O)N2CCOCC2)C1. The van der Waals surface area contributed by atoms with Crippen molar-refractivity contribution in [3.63, 3.8) is 0 Å². The van der Waals surface area contributed by atoms with Crippen molar-refractivity contribution in [3.8, 4) is 0 Å². The van der Waals surface area contributed by atoms with Gasteiger partial charge in [0.1, 0.15) is 10.7 Å². The van der Waals surface area contributed by atoms with E-state index in [-0.39, 0.29) is 11.8 Å². The minimum absolute atomic E-state index is 0.0102. The second-order valence-corrected chi connectivity index (χ2v) is 8.53. The van der Waals surface area contributed by atoms with E-state index in [1.165, 1.54) is 4.88 Å². The molecular formula is C20H26N4O3S. The lowest BCUT2D eigenvalue weighted by molar-refractivity contribution is 0.0303. The van der Waals surface area contributed by atoms with Crippen LogP contribution in [0.25, 0.3) is 0 Å². The Morgan fingerprint density at radius 2 is 2.14 bits per heavy atom. The summed E-state index contributed by atoms with van der Waals surface area (Å²) in [5.41, 5.74) is 2.29. The summed E-state index contributed by atoms with van der Waals surface area (Å²) in [6.07, 6.45) is 5.72. The molecule has 7 nitrogen and oxygen atoms in total. The number of ether oxygens (including phenoxy) is 1. The molecule has 2 amide bonds. The van der Waals surface area contributed by atoms with Crippen molar-refractivity contribution in [2.75, 3.05) is 31.6 Å². The van der Waals surface area contributed by atoms with Gasteiger partial charge in [0.25, 0.3) is 11.8 Å². The summed E-state index contributed by atoms with van der Waals surface area (Å²) < 4.78 is 6.94. The van der Waals surface area contributed by atoms with Gasteiger partial charge in [-0.05, 0) is 36.8 Å². The first-order chi connectivity index (χ1) is 13.6. The third kappa shape index (κ3) is 3.58. The van der Waals surface area contributed by atoms with Crippen LogP contribution >= 0.6 is 11.3 Å². The van der Waals surface area contributed by atoms with Gasteiger partial charge in [-0.1, -0.05) is 13.3 Å². The molecule has 2 aromatic heterocycles. The molecule has 1 unspecified atom stereocenters. The van der Waals surface area contributed by atoms with Gasteiger partial charge in [-0.25, -0.2) is 0 Å². The summed E-state index contributed by atoms with van der Waals surface area (Å²) in [7, 11) is 1.74. The summed E-state index contributed by atoms with van der Waals surface area (Å²) in [5, 5.41) is 7.74. The standard InChI is InChI=1S/C20H26N4O3S/c1-3-13-4-5-14-16(12-13)28-19(22-18(25)15-6-7-21-23(15)2)17(14)20(26)24-8-10-27-11-9-24/h6-7,13H,3-5,8-12H2,1-2H3,(H,22,25). The lowest BCUT2D eigenvalue weighted by Crippen LogP contribution is -2.41. The molecule has 1 N–H and O–H groups in total. The minimum atomic E-state index is -0.235. The van der Waals surface area contributed by atoms with Crippen LogP contribution in [-0.4, -0.2) is 52.8 Å². The Kier molecular flexibility index (Phi) is 5.50. The zero-order valence-corrected chi connectivity index (χ0v) is 17.2. The number of aromatic nitrogens is 2. The molecule has 3 heterocycles. The number of aryl methyl sites for hydroxylation is 1. The molecule has 28 heavy (non-hydrogen) atoms. The maximum atomic E-state index is 13.3. The van der Waals surface area contributed by atoms with Gasteiger partial charge in [-0.3, -0.25) is 14.3 Å². The molecule has 1 saturated heterocycles. The van der Waals surface area contributed by atoms with Crippen LogP contribution in [0.4, 0.5) is 5.00 Å². The van der Waals surface area contributed by atoms with Crippen molar-refractivity contribution in [3.05, 3.63) is 34.0 Å². The number of rotatable bonds is 4. The zero-order valence-electron chi connectivity index (χ0n) is 16.4. The highest BCUT2D eigenvalue weighted by Gasteiger charge is 2.32. The number of nitrogens with one attached hydrogen (secondary N) is 1. The Balaban J connectivity index is 1.68. The van der Waals surface area contributed by atoms with Crippen LogP contribution in [0.15, 0.2) is 12.3 Å². The Bertz CT molecular complexity index is 882. The highest BCUT2D eigenvalue weighted by atomic mass is 32.1. The molecule has 2 aromatic rings. The van der Waals surface area contributed by atoms with Crippen LogP contribution in [0.5, 0.6) is 0 Å². The summed E-state index contributed by atoms with van der Waals surface area (Å²) >= 11 is 1.56. The lowest BCUT2D eigenvalue weighted by Gasteiger charge is -2.28. The molecule has 2 aliphatic rings. The first kappa shape index (κ1) is 19.1. The molecule has 150 valence electrons. The number of thiophene rings is 1. The van der Waals surface area contributed by atoms with Gasteiger partial charge in [0, 0.05) is 31.2 Å². The summed E-state index contributed by atoms with van der Waals surface area (Å²) in [5.74, 6) is 0.427. The monoisotopic (exact) mass is 402 g/mol. The number of hydrogen-bond acceptors (Lipinski definition) is 5. The van der Waals surface area contributed by atoms with E-state index in [1.54, 1.807) is 35.3 Å². The number of anilines is 1. The number of amides is 2. The van der Waals surface area contributed by atoms with Gasteiger partial charge in [0.15, 0.2) is 0 Å². The fraction of sp³-hybridized carbons (Fsp3) is 0.550. The van der Waals surface area contributed by atoms with Crippen molar-refractivity contribution in [2.45, 2.75) is 32.6 Å². The molecule has 0 spiro atoms. The molecule has 0 bridgehead atoms. The van der Waals surface area contributed by atoms with Crippen LogP contribution in [0.1, 0.15) is 51.1 Å². The average Bonchev–Trinajstić information content (AvgIpc) is 3.30. The Morgan fingerprint density at radius 3 is 2.82 bits per heavy atom. The topological polar surface area (TPSA) is 76.5 Å². The maximum Gasteiger partial charge on any atom is 0.274 e. The molecule has 1 aliphatic carbocycles. The summed E-state index contributed by atoms with van der Waals surface area (Å²) in [6.45, 7) is 4.53. The molecule has 0 radical (unpaired) electrons. The molecule has 4 rings (SSSR count). The maximum absolute atomic E-state index is 13.3. The number of hydrogen-bond donors (Lipinski definition) is 1. The van der Waals surface area contributed by atoms with Crippen LogP contribution in [0.2, 0.25) is 0 Å². The molecule has 0 aromatic carbocycles. The van der Waals surface area contributed by atoms with E-state index in [2.05, 4.69) is 17.3 Å². The fourth-order valence-corrected chi connectivity index (χ4v) is 5.35. The summed E-state index contributed by atoms with van der Waals surface area (Å²) in [6, 6.07) is 1.68. The zero-order chi connectivity index (χ0) is 19.7. The van der Waals surface area contributed by atoms with E-state index in [1.807, 2.05) is 4.90 Å². The predicted octanol–water partition coefficient (Wildman–Crippen LogP) is 2.72. The van der Waals surface area contributed by atoms with Crippen molar-refractivity contribution in [1.29, 1.82) is 0 Å². The number of morpholine rings is 1. The third-order valence-electron chi connectivity index (χ3n) is 5.74. The highest BCUT2D eigenvalue weighted by molar-refractivity contribution is 7.17. The third-order valence-corrected chi connectivity index (χ3v) is 6.91. The Labute approximate surface area is 168 Å². The summed E-state index contributed by atoms with van der Waals surface area (Å²) in [4.78, 5) is 29.2. The molecule has 8 heteroatoms. The molecule has 0 saturated carbocycles. The lowest BCUT2D eigenvalue weighted by atomic mass is 9.85. The second-order valence-electron chi connectivity index (χ2n) is 7.42. The molecule has 1 aliphatic heterocycles. The number of carbonyl (C=O) groups is 2. The van der Waals surface area contributed by atoms with Gasteiger partial charge in [0.2, 0.25) is 0 Å². The van der Waals surface area contributed by atoms with E-state index in [9.17, 15) is 9.59 Å².